The molecule has 0 unspecified atom stereocenters. The Bertz CT molecular complexity index is 400. The molecule has 0 spiro atoms. The van der Waals surface area contributed by atoms with Crippen molar-refractivity contribution < 1.29 is 4.74 Å². The zero-order valence-electron chi connectivity index (χ0n) is 12.2. The Labute approximate surface area is 121 Å². The Morgan fingerprint density at radius 3 is 2.63 bits per heavy atom. The van der Waals surface area contributed by atoms with Crippen molar-refractivity contribution in [2.24, 2.45) is 0 Å². The topological polar surface area (TPSA) is 21.3 Å². The highest BCUT2D eigenvalue weighted by atomic mass is 32.2. The largest absolute Gasteiger partial charge is 0.496 e. The first kappa shape index (κ1) is 14.7. The highest BCUT2D eigenvalue weighted by Gasteiger charge is 2.20. The maximum absolute atomic E-state index is 5.43. The van der Waals surface area contributed by atoms with E-state index >= 15 is 0 Å². The lowest BCUT2D eigenvalue weighted by Crippen LogP contribution is -2.33. The zero-order chi connectivity index (χ0) is 13.7. The molecule has 0 amide bonds. The van der Waals surface area contributed by atoms with Gasteiger partial charge in [0, 0.05) is 23.4 Å². The van der Waals surface area contributed by atoms with E-state index < -0.39 is 0 Å². The number of hydrogen-bond donors (Lipinski definition) is 1. The van der Waals surface area contributed by atoms with Crippen LogP contribution < -0.4 is 10.1 Å². The molecule has 2 rings (SSSR count). The number of aryl methyl sites for hydroxylation is 1. The van der Waals surface area contributed by atoms with Crippen molar-refractivity contribution in [2.75, 3.05) is 13.4 Å². The van der Waals surface area contributed by atoms with Crippen molar-refractivity contribution in [3.63, 3.8) is 0 Å². The summed E-state index contributed by atoms with van der Waals surface area (Å²) in [5.41, 5.74) is 2.57. The van der Waals surface area contributed by atoms with Crippen LogP contribution in [0.2, 0.25) is 0 Å². The van der Waals surface area contributed by atoms with Gasteiger partial charge in [0.2, 0.25) is 0 Å². The van der Waals surface area contributed by atoms with Crippen molar-refractivity contribution in [1.82, 2.24) is 5.32 Å². The van der Waals surface area contributed by atoms with Crippen LogP contribution in [0.3, 0.4) is 0 Å². The fraction of sp³-hybridized carbons (Fsp3) is 0.625. The first-order valence-corrected chi connectivity index (χ1v) is 8.41. The predicted molar refractivity (Wildman–Crippen MR) is 84.1 cm³/mol. The molecule has 1 aliphatic rings. The summed E-state index contributed by atoms with van der Waals surface area (Å²) in [6, 6.07) is 7.07. The Kier molecular flexibility index (Phi) is 5.59. The molecular weight excluding hydrogens is 254 g/mol. The number of nitrogens with one attached hydrogen (secondary N) is 1. The number of ether oxygens (including phenoxy) is 1. The molecule has 3 heteroatoms. The van der Waals surface area contributed by atoms with Gasteiger partial charge in [-0.05, 0) is 44.9 Å². The minimum Gasteiger partial charge on any atom is -0.496 e. The van der Waals surface area contributed by atoms with Gasteiger partial charge in [-0.25, -0.2) is 0 Å². The van der Waals surface area contributed by atoms with Gasteiger partial charge in [-0.2, -0.15) is 11.8 Å². The van der Waals surface area contributed by atoms with E-state index in [2.05, 4.69) is 36.7 Å². The average Bonchev–Trinajstić information content (AvgIpc) is 2.46. The van der Waals surface area contributed by atoms with Gasteiger partial charge in [0.05, 0.1) is 7.11 Å². The van der Waals surface area contributed by atoms with Crippen LogP contribution in [0.5, 0.6) is 5.75 Å². The molecule has 0 saturated heterocycles. The van der Waals surface area contributed by atoms with Crippen molar-refractivity contribution in [3.8, 4) is 5.75 Å². The Morgan fingerprint density at radius 2 is 2.00 bits per heavy atom. The summed E-state index contributed by atoms with van der Waals surface area (Å²) in [5.74, 6) is 0.996. The van der Waals surface area contributed by atoms with Crippen molar-refractivity contribution in [3.05, 3.63) is 29.3 Å². The molecule has 0 atom stereocenters. The molecule has 0 aromatic heterocycles. The lowest BCUT2D eigenvalue weighted by Gasteiger charge is -2.28. The molecule has 1 fully saturated rings. The van der Waals surface area contributed by atoms with E-state index in [9.17, 15) is 0 Å². The van der Waals surface area contributed by atoms with E-state index in [0.29, 0.717) is 6.04 Å². The van der Waals surface area contributed by atoms with Crippen LogP contribution in [-0.2, 0) is 6.54 Å². The van der Waals surface area contributed by atoms with Crippen LogP contribution in [0.25, 0.3) is 0 Å². The second-order valence-electron chi connectivity index (χ2n) is 5.41. The molecule has 19 heavy (non-hydrogen) atoms. The van der Waals surface area contributed by atoms with E-state index in [1.165, 1.54) is 36.8 Å². The maximum Gasteiger partial charge on any atom is 0.123 e. The molecule has 0 heterocycles. The highest BCUT2D eigenvalue weighted by molar-refractivity contribution is 7.99. The molecule has 1 N–H and O–H groups in total. The molecule has 0 aliphatic heterocycles. The molecule has 0 bridgehead atoms. The third-order valence-electron chi connectivity index (χ3n) is 4.02. The maximum atomic E-state index is 5.43. The van der Waals surface area contributed by atoms with Crippen molar-refractivity contribution in [1.29, 1.82) is 0 Å². The number of hydrogen-bond acceptors (Lipinski definition) is 3. The van der Waals surface area contributed by atoms with E-state index in [-0.39, 0.29) is 0 Å². The smallest absolute Gasteiger partial charge is 0.123 e. The Balaban J connectivity index is 1.87. The molecule has 1 aromatic rings. The highest BCUT2D eigenvalue weighted by Crippen LogP contribution is 2.27. The van der Waals surface area contributed by atoms with Gasteiger partial charge in [-0.3, -0.25) is 0 Å². The van der Waals surface area contributed by atoms with Crippen LogP contribution in [0.1, 0.15) is 36.8 Å². The molecular formula is C16H25NOS. The van der Waals surface area contributed by atoms with E-state index in [1.54, 1.807) is 7.11 Å². The van der Waals surface area contributed by atoms with Crippen molar-refractivity contribution in [2.45, 2.75) is 50.4 Å². The van der Waals surface area contributed by atoms with Crippen LogP contribution in [0.15, 0.2) is 18.2 Å². The standard InChI is InChI=1S/C16H25NOS/c1-12-4-9-16(18-2)13(10-12)11-17-14-5-7-15(19-3)8-6-14/h4,9-10,14-15,17H,5-8,11H2,1-3H3. The van der Waals surface area contributed by atoms with E-state index in [4.69, 9.17) is 4.74 Å². The number of rotatable bonds is 5. The predicted octanol–water partition coefficient (Wildman–Crippen LogP) is 3.77. The SMILES string of the molecule is COc1ccc(C)cc1CNC1CCC(SC)CC1. The Hall–Kier alpha value is -0.670. The van der Waals surface area contributed by atoms with Gasteiger partial charge in [0.15, 0.2) is 0 Å². The van der Waals surface area contributed by atoms with Crippen LogP contribution in [0, 0.1) is 6.92 Å². The zero-order valence-corrected chi connectivity index (χ0v) is 13.1. The first-order chi connectivity index (χ1) is 9.22. The monoisotopic (exact) mass is 279 g/mol. The fourth-order valence-electron chi connectivity index (χ4n) is 2.80. The molecule has 1 saturated carbocycles. The van der Waals surface area contributed by atoms with Gasteiger partial charge in [-0.1, -0.05) is 17.7 Å². The van der Waals surface area contributed by atoms with Gasteiger partial charge >= 0.3 is 0 Å². The lowest BCUT2D eigenvalue weighted by molar-refractivity contribution is 0.370. The lowest BCUT2D eigenvalue weighted by atomic mass is 9.94. The van der Waals surface area contributed by atoms with Crippen LogP contribution >= 0.6 is 11.8 Å². The second kappa shape index (κ2) is 7.20. The molecule has 1 aliphatic carbocycles. The van der Waals surface area contributed by atoms with E-state index in [0.717, 1.165) is 17.5 Å². The first-order valence-electron chi connectivity index (χ1n) is 7.12. The minimum absolute atomic E-state index is 0.675. The van der Waals surface area contributed by atoms with Crippen molar-refractivity contribution >= 4 is 11.8 Å². The number of thioether (sulfide) groups is 1. The molecule has 0 radical (unpaired) electrons. The molecule has 1 aromatic carbocycles. The van der Waals surface area contributed by atoms with Gasteiger partial charge in [0.25, 0.3) is 0 Å². The van der Waals surface area contributed by atoms with Gasteiger partial charge in [0.1, 0.15) is 5.75 Å². The van der Waals surface area contributed by atoms with Gasteiger partial charge < -0.3 is 10.1 Å². The average molecular weight is 279 g/mol. The van der Waals surface area contributed by atoms with Crippen LogP contribution in [0.4, 0.5) is 0 Å². The van der Waals surface area contributed by atoms with Gasteiger partial charge in [-0.15, -0.1) is 0 Å². The second-order valence-corrected chi connectivity index (χ2v) is 6.54. The summed E-state index contributed by atoms with van der Waals surface area (Å²) in [6.07, 6.45) is 7.54. The normalized spacial score (nSPS) is 23.3. The molecule has 106 valence electrons. The summed E-state index contributed by atoms with van der Waals surface area (Å²) in [5, 5.41) is 4.58. The third kappa shape index (κ3) is 4.15. The Morgan fingerprint density at radius 1 is 1.26 bits per heavy atom. The summed E-state index contributed by atoms with van der Waals surface area (Å²) in [4.78, 5) is 0. The third-order valence-corrected chi connectivity index (χ3v) is 5.16. The summed E-state index contributed by atoms with van der Waals surface area (Å²) >= 11 is 2.02. The van der Waals surface area contributed by atoms with Crippen LogP contribution in [-0.4, -0.2) is 24.7 Å². The van der Waals surface area contributed by atoms with E-state index in [1.807, 2.05) is 11.8 Å². The number of benzene rings is 1. The quantitative estimate of drug-likeness (QED) is 0.886. The fourth-order valence-corrected chi connectivity index (χ4v) is 3.55. The summed E-state index contributed by atoms with van der Waals surface area (Å²) < 4.78 is 5.43. The minimum atomic E-state index is 0.675. The summed E-state index contributed by atoms with van der Waals surface area (Å²) in [7, 11) is 1.75. The summed E-state index contributed by atoms with van der Waals surface area (Å²) in [6.45, 7) is 3.05. The molecule has 2 nitrogen and oxygen atoms in total. The number of methoxy groups -OCH3 is 1.